The number of carbonyl (C=O) groups excluding carboxylic acids is 2. The number of nitrogens with one attached hydrogen (secondary N) is 1. The average molecular weight is 360 g/mol. The van der Waals surface area contributed by atoms with Gasteiger partial charge in [0.15, 0.2) is 0 Å². The van der Waals surface area contributed by atoms with Crippen molar-refractivity contribution < 1.29 is 14.3 Å². The van der Waals surface area contributed by atoms with Gasteiger partial charge in [-0.1, -0.05) is 0 Å². The highest BCUT2D eigenvalue weighted by Crippen LogP contribution is 2.27. The van der Waals surface area contributed by atoms with Gasteiger partial charge in [-0.25, -0.2) is 9.97 Å². The van der Waals surface area contributed by atoms with Gasteiger partial charge in [0.05, 0.1) is 19.4 Å². The number of ether oxygens (including phenoxy) is 1. The van der Waals surface area contributed by atoms with Crippen molar-refractivity contribution in [2.45, 2.75) is 57.9 Å². The normalized spacial score (nSPS) is 19.7. The Balaban J connectivity index is 1.64. The molecule has 0 spiro atoms. The molecule has 2 amide bonds. The van der Waals surface area contributed by atoms with Crippen LogP contribution >= 0.6 is 0 Å². The van der Waals surface area contributed by atoms with Crippen molar-refractivity contribution in [1.29, 1.82) is 0 Å². The minimum atomic E-state index is 0.0471. The van der Waals surface area contributed by atoms with E-state index in [1.165, 1.54) is 0 Å². The second kappa shape index (κ2) is 8.12. The number of aryl methyl sites for hydroxylation is 2. The molecule has 1 aromatic heterocycles. The van der Waals surface area contributed by atoms with Crippen molar-refractivity contribution in [2.24, 2.45) is 0 Å². The van der Waals surface area contributed by atoms with Crippen molar-refractivity contribution in [1.82, 2.24) is 20.2 Å². The second-order valence-electron chi connectivity index (χ2n) is 7.32. The van der Waals surface area contributed by atoms with E-state index >= 15 is 0 Å². The Morgan fingerprint density at radius 2 is 1.88 bits per heavy atom. The second-order valence-corrected chi connectivity index (χ2v) is 7.32. The summed E-state index contributed by atoms with van der Waals surface area (Å²) in [6.45, 7) is 5.72. The van der Waals surface area contributed by atoms with E-state index in [1.54, 1.807) is 7.11 Å². The first-order valence-electron chi connectivity index (χ1n) is 9.38. The molecule has 2 heterocycles. The number of nitrogens with zero attached hydrogens (tertiary/aromatic N) is 3. The van der Waals surface area contributed by atoms with Crippen molar-refractivity contribution >= 4 is 11.8 Å². The molecule has 1 saturated carbocycles. The summed E-state index contributed by atoms with van der Waals surface area (Å²) in [5.41, 5.74) is 2.64. The van der Waals surface area contributed by atoms with Crippen LogP contribution in [0.5, 0.6) is 0 Å². The fourth-order valence-corrected chi connectivity index (χ4v) is 3.42. The van der Waals surface area contributed by atoms with Crippen LogP contribution in [0.4, 0.5) is 0 Å². The Morgan fingerprint density at radius 3 is 2.50 bits per heavy atom. The predicted molar refractivity (Wildman–Crippen MR) is 96.8 cm³/mol. The maximum absolute atomic E-state index is 12.1. The molecule has 2 fully saturated rings. The highest BCUT2D eigenvalue weighted by molar-refractivity contribution is 5.79. The molecule has 1 aliphatic heterocycles. The summed E-state index contributed by atoms with van der Waals surface area (Å²) in [5.74, 6) is 1.11. The minimum Gasteiger partial charge on any atom is -0.384 e. The predicted octanol–water partition coefficient (Wildman–Crippen LogP) is 1.27. The molecule has 3 rings (SSSR count). The average Bonchev–Trinajstić information content (AvgIpc) is 3.27. The number of carbonyl (C=O) groups is 2. The number of hydrogen-bond donors (Lipinski definition) is 1. The first kappa shape index (κ1) is 18.8. The van der Waals surface area contributed by atoms with Gasteiger partial charge in [0.25, 0.3) is 0 Å². The zero-order valence-electron chi connectivity index (χ0n) is 15.9. The number of aromatic nitrogens is 2. The van der Waals surface area contributed by atoms with Crippen LogP contribution in [-0.4, -0.2) is 59.5 Å². The molecule has 0 radical (unpaired) electrons. The molecule has 1 saturated heterocycles. The summed E-state index contributed by atoms with van der Waals surface area (Å²) >= 11 is 0. The van der Waals surface area contributed by atoms with E-state index in [1.807, 2.05) is 18.7 Å². The molecule has 1 atom stereocenters. The van der Waals surface area contributed by atoms with E-state index in [4.69, 9.17) is 4.74 Å². The minimum absolute atomic E-state index is 0.0471. The van der Waals surface area contributed by atoms with Crippen molar-refractivity contribution in [3.05, 3.63) is 22.8 Å². The Bertz CT molecular complexity index is 664. The van der Waals surface area contributed by atoms with Gasteiger partial charge in [0, 0.05) is 49.1 Å². The molecule has 0 aromatic carbocycles. The molecule has 1 N–H and O–H groups in total. The van der Waals surface area contributed by atoms with Crippen molar-refractivity contribution in [3.63, 3.8) is 0 Å². The monoisotopic (exact) mass is 360 g/mol. The summed E-state index contributed by atoms with van der Waals surface area (Å²) in [7, 11) is 1.60. The Labute approximate surface area is 154 Å². The van der Waals surface area contributed by atoms with E-state index in [9.17, 15) is 9.59 Å². The highest BCUT2D eigenvalue weighted by Gasteiger charge is 2.30. The van der Waals surface area contributed by atoms with Crippen LogP contribution in [0.3, 0.4) is 0 Å². The van der Waals surface area contributed by atoms with E-state index < -0.39 is 0 Å². The summed E-state index contributed by atoms with van der Waals surface area (Å²) in [4.78, 5) is 35.4. The number of hydrogen-bond acceptors (Lipinski definition) is 5. The lowest BCUT2D eigenvalue weighted by Gasteiger charge is -2.17. The zero-order chi connectivity index (χ0) is 18.7. The largest absolute Gasteiger partial charge is 0.384 e. The SMILES string of the molecule is COCCC(=O)N1CC[C@@H](c2nc(C)c(CC(=O)NC3CC3)c(C)n2)C1. The van der Waals surface area contributed by atoms with Crippen LogP contribution in [0.1, 0.15) is 54.4 Å². The van der Waals surface area contributed by atoms with E-state index in [0.717, 1.165) is 48.6 Å². The van der Waals surface area contributed by atoms with Crippen LogP contribution in [0.25, 0.3) is 0 Å². The van der Waals surface area contributed by atoms with Gasteiger partial charge in [0.1, 0.15) is 5.82 Å². The highest BCUT2D eigenvalue weighted by atomic mass is 16.5. The number of methoxy groups -OCH3 is 1. The molecule has 0 unspecified atom stereocenters. The van der Waals surface area contributed by atoms with Crippen LogP contribution < -0.4 is 5.32 Å². The summed E-state index contributed by atoms with van der Waals surface area (Å²) in [5, 5.41) is 3.01. The van der Waals surface area contributed by atoms with Gasteiger partial charge >= 0.3 is 0 Å². The summed E-state index contributed by atoms with van der Waals surface area (Å²) in [6, 6.07) is 0.364. The quantitative estimate of drug-likeness (QED) is 0.791. The topological polar surface area (TPSA) is 84.4 Å². The lowest BCUT2D eigenvalue weighted by molar-refractivity contribution is -0.131. The summed E-state index contributed by atoms with van der Waals surface area (Å²) in [6.07, 6.45) is 3.79. The zero-order valence-corrected chi connectivity index (χ0v) is 15.9. The van der Waals surface area contributed by atoms with E-state index in [2.05, 4.69) is 15.3 Å². The number of rotatable bonds is 7. The van der Waals surface area contributed by atoms with Gasteiger partial charge in [0.2, 0.25) is 11.8 Å². The van der Waals surface area contributed by atoms with Crippen LogP contribution in [0.2, 0.25) is 0 Å². The third-order valence-electron chi connectivity index (χ3n) is 5.14. The third-order valence-corrected chi connectivity index (χ3v) is 5.14. The van der Waals surface area contributed by atoms with Crippen LogP contribution in [0.15, 0.2) is 0 Å². The molecule has 7 nitrogen and oxygen atoms in total. The molecule has 1 aromatic rings. The Kier molecular flexibility index (Phi) is 5.86. The Morgan fingerprint density at radius 1 is 1.19 bits per heavy atom. The lowest BCUT2D eigenvalue weighted by Crippen LogP contribution is -2.29. The molecule has 26 heavy (non-hydrogen) atoms. The molecular formula is C19H28N4O3. The van der Waals surface area contributed by atoms with Gasteiger partial charge in [-0.2, -0.15) is 0 Å². The molecule has 2 aliphatic rings. The standard InChI is InChI=1S/C19H28N4O3/c1-12-16(10-17(24)22-15-4-5-15)13(2)21-19(20-12)14-6-8-23(11-14)18(25)7-9-26-3/h14-15H,4-11H2,1-3H3,(H,22,24)/t14-/m1/s1. The fraction of sp³-hybridized carbons (Fsp3) is 0.684. The Hall–Kier alpha value is -2.02. The number of likely N-dealkylation sites (tertiary alicyclic amines) is 1. The fourth-order valence-electron chi connectivity index (χ4n) is 3.42. The maximum Gasteiger partial charge on any atom is 0.224 e. The number of amides is 2. The van der Waals surface area contributed by atoms with Crippen LogP contribution in [-0.2, 0) is 20.7 Å². The first-order valence-corrected chi connectivity index (χ1v) is 9.38. The van der Waals surface area contributed by atoms with E-state index in [0.29, 0.717) is 32.0 Å². The lowest BCUT2D eigenvalue weighted by atomic mass is 10.0. The third kappa shape index (κ3) is 4.58. The van der Waals surface area contributed by atoms with Gasteiger partial charge < -0.3 is 15.0 Å². The molecular weight excluding hydrogens is 332 g/mol. The van der Waals surface area contributed by atoms with Gasteiger partial charge in [-0.3, -0.25) is 9.59 Å². The molecule has 0 bridgehead atoms. The first-order chi connectivity index (χ1) is 12.5. The smallest absolute Gasteiger partial charge is 0.224 e. The van der Waals surface area contributed by atoms with Gasteiger partial charge in [-0.15, -0.1) is 0 Å². The van der Waals surface area contributed by atoms with Gasteiger partial charge in [-0.05, 0) is 33.1 Å². The molecule has 7 heteroatoms. The van der Waals surface area contributed by atoms with Crippen molar-refractivity contribution in [2.75, 3.05) is 26.8 Å². The molecule has 1 aliphatic carbocycles. The van der Waals surface area contributed by atoms with Crippen LogP contribution in [0, 0.1) is 13.8 Å². The van der Waals surface area contributed by atoms with Crippen molar-refractivity contribution in [3.8, 4) is 0 Å². The maximum atomic E-state index is 12.1. The summed E-state index contributed by atoms with van der Waals surface area (Å²) < 4.78 is 4.98. The molecule has 142 valence electrons. The van der Waals surface area contributed by atoms with E-state index in [-0.39, 0.29) is 17.7 Å².